The maximum Gasteiger partial charge on any atom is 0.142 e. The zero-order valence-electron chi connectivity index (χ0n) is 20.0. The highest BCUT2D eigenvalue weighted by atomic mass is 16.3. The zero-order chi connectivity index (χ0) is 23.8. The first-order valence-electron chi connectivity index (χ1n) is 12.0. The number of fused-ring (bicyclic) bond motifs is 1. The van der Waals surface area contributed by atoms with Crippen LogP contribution in [0, 0.1) is 13.8 Å². The number of hydrogen-bond acceptors (Lipinski definition) is 1. The van der Waals surface area contributed by atoms with Gasteiger partial charge in [0.25, 0.3) is 0 Å². The summed E-state index contributed by atoms with van der Waals surface area (Å²) >= 11 is 0. The fourth-order valence-corrected chi connectivity index (χ4v) is 4.72. The quantitative estimate of drug-likeness (QED) is 0.260. The molecule has 6 rings (SSSR count). The molecule has 0 spiro atoms. The molecular formula is C34H26O. The Morgan fingerprint density at radius 2 is 0.686 bits per heavy atom. The zero-order valence-corrected chi connectivity index (χ0v) is 20.0. The van der Waals surface area contributed by atoms with Crippen molar-refractivity contribution < 1.29 is 4.42 Å². The summed E-state index contributed by atoms with van der Waals surface area (Å²) in [4.78, 5) is 0. The van der Waals surface area contributed by atoms with E-state index in [0.717, 1.165) is 33.4 Å². The Hall–Kier alpha value is -4.36. The molecule has 168 valence electrons. The summed E-state index contributed by atoms with van der Waals surface area (Å²) in [5, 5.41) is 2.31. The predicted octanol–water partition coefficient (Wildman–Crippen LogP) is 9.72. The molecule has 6 aromatic rings. The van der Waals surface area contributed by atoms with Gasteiger partial charge in [-0.25, -0.2) is 0 Å². The molecule has 35 heavy (non-hydrogen) atoms. The Kier molecular flexibility index (Phi) is 5.31. The van der Waals surface area contributed by atoms with Gasteiger partial charge in [-0.3, -0.25) is 0 Å². The van der Waals surface area contributed by atoms with E-state index >= 15 is 0 Å². The van der Waals surface area contributed by atoms with Crippen LogP contribution in [0.15, 0.2) is 126 Å². The highest BCUT2D eigenvalue weighted by molar-refractivity contribution is 6.03. The molecule has 0 fully saturated rings. The van der Waals surface area contributed by atoms with Gasteiger partial charge in [0.2, 0.25) is 0 Å². The van der Waals surface area contributed by atoms with Crippen LogP contribution in [0.5, 0.6) is 0 Å². The number of aryl methyl sites for hydroxylation is 2. The van der Waals surface area contributed by atoms with E-state index in [0.29, 0.717) is 0 Å². The van der Waals surface area contributed by atoms with Crippen molar-refractivity contribution in [3.8, 4) is 44.9 Å². The Bertz CT molecular complexity index is 1480. The molecule has 0 aliphatic heterocycles. The van der Waals surface area contributed by atoms with Gasteiger partial charge in [-0.05, 0) is 59.4 Å². The van der Waals surface area contributed by atoms with Crippen LogP contribution < -0.4 is 0 Å². The van der Waals surface area contributed by atoms with Crippen molar-refractivity contribution in [3.63, 3.8) is 0 Å². The SMILES string of the molecule is Cc1cc2c(-c3ccc(-c4ccccc4)cc3)oc(-c3ccc(-c4ccccc4)cc3)c2cc1C. The molecule has 1 heterocycles. The predicted molar refractivity (Wildman–Crippen MR) is 147 cm³/mol. The lowest BCUT2D eigenvalue weighted by Crippen LogP contribution is -1.83. The first kappa shape index (κ1) is 21.2. The average molecular weight is 451 g/mol. The van der Waals surface area contributed by atoms with E-state index in [9.17, 15) is 0 Å². The second-order valence-corrected chi connectivity index (χ2v) is 9.13. The molecule has 1 heteroatoms. The fraction of sp³-hybridized carbons (Fsp3) is 0.0588. The summed E-state index contributed by atoms with van der Waals surface area (Å²) < 4.78 is 6.64. The minimum absolute atomic E-state index is 0.921. The highest BCUT2D eigenvalue weighted by Crippen LogP contribution is 2.41. The van der Waals surface area contributed by atoms with Crippen molar-refractivity contribution in [2.24, 2.45) is 0 Å². The Morgan fingerprint density at radius 1 is 0.371 bits per heavy atom. The van der Waals surface area contributed by atoms with Crippen LogP contribution in [0.1, 0.15) is 11.1 Å². The van der Waals surface area contributed by atoms with Crippen LogP contribution in [0.4, 0.5) is 0 Å². The molecule has 0 saturated carbocycles. The van der Waals surface area contributed by atoms with Crippen LogP contribution in [0.25, 0.3) is 55.7 Å². The number of rotatable bonds is 4. The standard InChI is InChI=1S/C34H26O/c1-23-21-31-32(22-24(23)2)34(30-19-15-28(16-20-30)26-11-7-4-8-12-26)35-33(31)29-17-13-27(14-18-29)25-9-5-3-6-10-25/h3-22H,1-2H3. The van der Waals surface area contributed by atoms with Crippen molar-refractivity contribution in [1.29, 1.82) is 0 Å². The normalized spacial score (nSPS) is 11.1. The molecule has 0 N–H and O–H groups in total. The van der Waals surface area contributed by atoms with Gasteiger partial charge in [0.15, 0.2) is 0 Å². The third kappa shape index (κ3) is 3.96. The average Bonchev–Trinajstić information content (AvgIpc) is 3.28. The molecule has 1 nitrogen and oxygen atoms in total. The van der Waals surface area contributed by atoms with E-state index in [1.165, 1.54) is 33.4 Å². The lowest BCUT2D eigenvalue weighted by molar-refractivity contribution is 0.602. The van der Waals surface area contributed by atoms with Gasteiger partial charge in [-0.15, -0.1) is 0 Å². The second-order valence-electron chi connectivity index (χ2n) is 9.13. The summed E-state index contributed by atoms with van der Waals surface area (Å²) in [5.41, 5.74) is 9.55. The molecule has 0 saturated heterocycles. The largest absolute Gasteiger partial charge is 0.455 e. The second kappa shape index (κ2) is 8.77. The van der Waals surface area contributed by atoms with Crippen LogP contribution >= 0.6 is 0 Å². The monoisotopic (exact) mass is 450 g/mol. The lowest BCUT2D eigenvalue weighted by atomic mass is 9.97. The van der Waals surface area contributed by atoms with E-state index < -0.39 is 0 Å². The molecule has 0 amide bonds. The van der Waals surface area contributed by atoms with Crippen molar-refractivity contribution >= 4 is 10.8 Å². The third-order valence-electron chi connectivity index (χ3n) is 6.84. The molecule has 0 aliphatic rings. The summed E-state index contributed by atoms with van der Waals surface area (Å²) in [5.74, 6) is 1.84. The summed E-state index contributed by atoms with van der Waals surface area (Å²) in [6.07, 6.45) is 0. The van der Waals surface area contributed by atoms with Gasteiger partial charge < -0.3 is 4.42 Å². The molecule has 0 unspecified atom stereocenters. The molecule has 0 radical (unpaired) electrons. The van der Waals surface area contributed by atoms with E-state index in [4.69, 9.17) is 4.42 Å². The fourth-order valence-electron chi connectivity index (χ4n) is 4.72. The molecule has 5 aromatic carbocycles. The molecular weight excluding hydrogens is 424 g/mol. The summed E-state index contributed by atoms with van der Waals surface area (Å²) in [7, 11) is 0. The van der Waals surface area contributed by atoms with Crippen LogP contribution in [-0.2, 0) is 0 Å². The van der Waals surface area contributed by atoms with Crippen molar-refractivity contribution in [3.05, 3.63) is 132 Å². The van der Waals surface area contributed by atoms with Gasteiger partial charge in [0.1, 0.15) is 11.5 Å². The molecule has 0 bridgehead atoms. The maximum absolute atomic E-state index is 6.64. The highest BCUT2D eigenvalue weighted by Gasteiger charge is 2.18. The van der Waals surface area contributed by atoms with Gasteiger partial charge in [0, 0.05) is 21.9 Å². The first-order chi connectivity index (χ1) is 17.2. The topological polar surface area (TPSA) is 13.1 Å². The van der Waals surface area contributed by atoms with Crippen molar-refractivity contribution in [1.82, 2.24) is 0 Å². The molecule has 0 aliphatic carbocycles. The van der Waals surface area contributed by atoms with Crippen LogP contribution in [-0.4, -0.2) is 0 Å². The lowest BCUT2D eigenvalue weighted by Gasteiger charge is -2.04. The Morgan fingerprint density at radius 3 is 1.06 bits per heavy atom. The van der Waals surface area contributed by atoms with Crippen LogP contribution in [0.3, 0.4) is 0 Å². The van der Waals surface area contributed by atoms with E-state index in [1.54, 1.807) is 0 Å². The Balaban J connectivity index is 1.45. The van der Waals surface area contributed by atoms with Crippen molar-refractivity contribution in [2.75, 3.05) is 0 Å². The van der Waals surface area contributed by atoms with Gasteiger partial charge >= 0.3 is 0 Å². The van der Waals surface area contributed by atoms with Crippen molar-refractivity contribution in [2.45, 2.75) is 13.8 Å². The number of hydrogen-bond donors (Lipinski definition) is 0. The molecule has 1 aromatic heterocycles. The van der Waals surface area contributed by atoms with Gasteiger partial charge in [0.05, 0.1) is 0 Å². The van der Waals surface area contributed by atoms with Gasteiger partial charge in [-0.2, -0.15) is 0 Å². The maximum atomic E-state index is 6.64. The van der Waals surface area contributed by atoms with E-state index in [-0.39, 0.29) is 0 Å². The summed E-state index contributed by atoms with van der Waals surface area (Å²) in [6, 6.07) is 42.8. The van der Waals surface area contributed by atoms with Crippen LogP contribution in [0.2, 0.25) is 0 Å². The summed E-state index contributed by atoms with van der Waals surface area (Å²) in [6.45, 7) is 4.33. The smallest absolute Gasteiger partial charge is 0.142 e. The molecule has 0 atom stereocenters. The minimum atomic E-state index is 0.921. The Labute approximate surface area is 206 Å². The van der Waals surface area contributed by atoms with Gasteiger partial charge in [-0.1, -0.05) is 109 Å². The number of benzene rings is 5. The number of furan rings is 1. The third-order valence-corrected chi connectivity index (χ3v) is 6.84. The first-order valence-corrected chi connectivity index (χ1v) is 12.0. The van der Waals surface area contributed by atoms with E-state index in [1.807, 2.05) is 12.1 Å². The minimum Gasteiger partial charge on any atom is -0.455 e. The van der Waals surface area contributed by atoms with E-state index in [2.05, 4.69) is 123 Å².